The molecule has 1 aliphatic heterocycles. The first-order chi connectivity index (χ1) is 5.29. The van der Waals surface area contributed by atoms with Crippen LogP contribution in [0.4, 0.5) is 0 Å². The van der Waals surface area contributed by atoms with Crippen LogP contribution >= 0.6 is 0 Å². The topological polar surface area (TPSA) is 9.23 Å². The van der Waals surface area contributed by atoms with E-state index in [4.69, 9.17) is 4.74 Å². The van der Waals surface area contributed by atoms with Crippen LogP contribution in [0.3, 0.4) is 0 Å². The maximum atomic E-state index is 5.56. The van der Waals surface area contributed by atoms with Crippen LogP contribution in [0.15, 0.2) is 18.2 Å². The minimum absolute atomic E-state index is 0.309. The molecule has 2 atom stereocenters. The molecule has 57 valence electrons. The van der Waals surface area contributed by atoms with E-state index < -0.39 is 0 Å². The number of ether oxygens (including phenoxy) is 1. The van der Waals surface area contributed by atoms with Crippen molar-refractivity contribution in [2.45, 2.75) is 25.9 Å². The van der Waals surface area contributed by atoms with Crippen LogP contribution in [0.2, 0.25) is 0 Å². The first kappa shape index (κ1) is 6.71. The largest absolute Gasteiger partial charge is 0.489 e. The molecule has 0 aromatic heterocycles. The monoisotopic (exact) mass is 147 g/mol. The van der Waals surface area contributed by atoms with E-state index in [9.17, 15) is 0 Å². The highest BCUT2D eigenvalue weighted by molar-refractivity contribution is 5.39. The van der Waals surface area contributed by atoms with Gasteiger partial charge in [-0.2, -0.15) is 0 Å². The van der Waals surface area contributed by atoms with Crippen LogP contribution in [-0.2, 0) is 0 Å². The van der Waals surface area contributed by atoms with Gasteiger partial charge in [-0.05, 0) is 6.92 Å². The lowest BCUT2D eigenvalue weighted by atomic mass is 9.99. The second-order valence-electron chi connectivity index (χ2n) is 3.07. The molecular weight excluding hydrogens is 136 g/mol. The van der Waals surface area contributed by atoms with Gasteiger partial charge in [0.15, 0.2) is 0 Å². The fourth-order valence-electron chi connectivity index (χ4n) is 1.44. The van der Waals surface area contributed by atoms with Crippen molar-refractivity contribution in [3.8, 4) is 5.75 Å². The quantitative estimate of drug-likeness (QED) is 0.547. The predicted molar refractivity (Wildman–Crippen MR) is 43.8 cm³/mol. The standard InChI is InChI=1S/C10H11O/c1-7-8(2)11-10-6-4-3-5-9(7)10/h3-5,7-8H,1-2H3. The molecule has 11 heavy (non-hydrogen) atoms. The van der Waals surface area contributed by atoms with Crippen LogP contribution in [0.5, 0.6) is 5.75 Å². The van der Waals surface area contributed by atoms with Gasteiger partial charge in [-0.15, -0.1) is 0 Å². The normalized spacial score (nSPS) is 27.8. The van der Waals surface area contributed by atoms with Crippen molar-refractivity contribution in [2.24, 2.45) is 0 Å². The van der Waals surface area contributed by atoms with Gasteiger partial charge >= 0.3 is 0 Å². The molecule has 1 aliphatic rings. The molecule has 1 heterocycles. The van der Waals surface area contributed by atoms with Crippen LogP contribution < -0.4 is 4.74 Å². The molecule has 0 amide bonds. The van der Waals surface area contributed by atoms with Gasteiger partial charge in [0.2, 0.25) is 0 Å². The molecule has 0 N–H and O–H groups in total. The van der Waals surface area contributed by atoms with Gasteiger partial charge in [-0.3, -0.25) is 0 Å². The lowest BCUT2D eigenvalue weighted by Gasteiger charge is -2.06. The lowest BCUT2D eigenvalue weighted by Crippen LogP contribution is -2.10. The number of para-hydroxylation sites is 1. The van der Waals surface area contributed by atoms with Crippen LogP contribution in [0.25, 0.3) is 0 Å². The Bertz CT molecular complexity index is 267. The summed E-state index contributed by atoms with van der Waals surface area (Å²) >= 11 is 0. The smallest absolute Gasteiger partial charge is 0.131 e. The molecule has 1 nitrogen and oxygen atoms in total. The summed E-state index contributed by atoms with van der Waals surface area (Å²) in [6, 6.07) is 9.10. The van der Waals surface area contributed by atoms with E-state index in [-0.39, 0.29) is 0 Å². The van der Waals surface area contributed by atoms with Crippen molar-refractivity contribution in [3.63, 3.8) is 0 Å². The summed E-state index contributed by atoms with van der Waals surface area (Å²) in [5.74, 6) is 1.45. The highest BCUT2D eigenvalue weighted by atomic mass is 16.5. The van der Waals surface area contributed by atoms with E-state index in [0.717, 1.165) is 5.75 Å². The first-order valence-corrected chi connectivity index (χ1v) is 3.96. The average Bonchev–Trinajstić information content (AvgIpc) is 2.30. The fourth-order valence-corrected chi connectivity index (χ4v) is 1.44. The summed E-state index contributed by atoms with van der Waals surface area (Å²) < 4.78 is 5.56. The number of benzene rings is 1. The van der Waals surface area contributed by atoms with E-state index in [2.05, 4.69) is 26.0 Å². The third kappa shape index (κ3) is 0.917. The molecule has 0 spiro atoms. The molecule has 0 aliphatic carbocycles. The van der Waals surface area contributed by atoms with Gasteiger partial charge in [0.25, 0.3) is 0 Å². The highest BCUT2D eigenvalue weighted by Crippen LogP contribution is 2.36. The van der Waals surface area contributed by atoms with Crippen LogP contribution in [0, 0.1) is 6.07 Å². The number of hydrogen-bond donors (Lipinski definition) is 0. The predicted octanol–water partition coefficient (Wildman–Crippen LogP) is 2.37. The minimum atomic E-state index is 0.309. The highest BCUT2D eigenvalue weighted by Gasteiger charge is 2.26. The molecule has 0 bridgehead atoms. The van der Waals surface area contributed by atoms with Gasteiger partial charge in [-0.1, -0.05) is 25.1 Å². The second-order valence-corrected chi connectivity index (χ2v) is 3.07. The third-order valence-corrected chi connectivity index (χ3v) is 2.35. The average molecular weight is 147 g/mol. The lowest BCUT2D eigenvalue weighted by molar-refractivity contribution is 0.232. The molecule has 1 heteroatoms. The molecule has 1 aromatic rings. The maximum Gasteiger partial charge on any atom is 0.131 e. The maximum absolute atomic E-state index is 5.56. The Morgan fingerprint density at radius 3 is 3.00 bits per heavy atom. The number of fused-ring (bicyclic) bond motifs is 1. The van der Waals surface area contributed by atoms with Crippen molar-refractivity contribution in [1.29, 1.82) is 0 Å². The zero-order valence-corrected chi connectivity index (χ0v) is 6.79. The minimum Gasteiger partial charge on any atom is -0.489 e. The molecular formula is C10H11O. The first-order valence-electron chi connectivity index (χ1n) is 3.96. The van der Waals surface area contributed by atoms with Crippen molar-refractivity contribution < 1.29 is 4.74 Å². The summed E-state index contributed by atoms with van der Waals surface area (Å²) in [5.41, 5.74) is 1.29. The van der Waals surface area contributed by atoms with Gasteiger partial charge in [0, 0.05) is 17.5 Å². The summed E-state index contributed by atoms with van der Waals surface area (Å²) in [5, 5.41) is 0. The molecule has 0 fully saturated rings. The van der Waals surface area contributed by atoms with E-state index in [1.807, 2.05) is 12.1 Å². The molecule has 2 unspecified atom stereocenters. The molecule has 0 saturated carbocycles. The van der Waals surface area contributed by atoms with Gasteiger partial charge in [0.05, 0.1) is 0 Å². The number of rotatable bonds is 0. The fraction of sp³-hybridized carbons (Fsp3) is 0.400. The van der Waals surface area contributed by atoms with E-state index in [1.54, 1.807) is 0 Å². The zero-order valence-electron chi connectivity index (χ0n) is 6.79. The van der Waals surface area contributed by atoms with Crippen molar-refractivity contribution in [1.82, 2.24) is 0 Å². The van der Waals surface area contributed by atoms with Crippen LogP contribution in [0.1, 0.15) is 25.3 Å². The van der Waals surface area contributed by atoms with Gasteiger partial charge in [-0.25, -0.2) is 0 Å². The van der Waals surface area contributed by atoms with Crippen molar-refractivity contribution in [3.05, 3.63) is 29.8 Å². The summed E-state index contributed by atoms with van der Waals surface area (Å²) in [6.07, 6.45) is 0.309. The Morgan fingerprint density at radius 2 is 2.27 bits per heavy atom. The van der Waals surface area contributed by atoms with E-state index >= 15 is 0 Å². The summed E-state index contributed by atoms with van der Waals surface area (Å²) in [7, 11) is 0. The molecule has 1 aromatic carbocycles. The van der Waals surface area contributed by atoms with Crippen molar-refractivity contribution in [2.75, 3.05) is 0 Å². The van der Waals surface area contributed by atoms with Gasteiger partial charge < -0.3 is 4.74 Å². The molecule has 0 saturated heterocycles. The second kappa shape index (κ2) is 2.26. The van der Waals surface area contributed by atoms with E-state index in [0.29, 0.717) is 12.0 Å². The Balaban J connectivity index is 2.47. The summed E-state index contributed by atoms with van der Waals surface area (Å²) in [6.45, 7) is 4.28. The van der Waals surface area contributed by atoms with E-state index in [1.165, 1.54) is 5.56 Å². The Morgan fingerprint density at radius 1 is 1.45 bits per heavy atom. The summed E-state index contributed by atoms with van der Waals surface area (Å²) in [4.78, 5) is 0. The Hall–Kier alpha value is -0.980. The zero-order chi connectivity index (χ0) is 7.84. The molecule has 2 rings (SSSR count). The SMILES string of the molecule is CC1Oc2[c]cccc2C1C. The Kier molecular flexibility index (Phi) is 1.38. The van der Waals surface area contributed by atoms with Crippen molar-refractivity contribution >= 4 is 0 Å². The Labute approximate surface area is 67.0 Å². The van der Waals surface area contributed by atoms with Gasteiger partial charge in [0.1, 0.15) is 11.9 Å². The molecule has 1 radical (unpaired) electrons. The van der Waals surface area contributed by atoms with Crippen LogP contribution in [-0.4, -0.2) is 6.10 Å². The number of hydrogen-bond acceptors (Lipinski definition) is 1. The third-order valence-electron chi connectivity index (χ3n) is 2.35.